The number of nitro groups is 1. The zero-order chi connectivity index (χ0) is 27.0. The highest BCUT2D eigenvalue weighted by atomic mass is 19.1. The summed E-state index contributed by atoms with van der Waals surface area (Å²) in [5.41, 5.74) is 3.59. The number of carbonyl (C=O) groups excluding carboxylic acids is 2. The molecule has 0 amide bonds. The minimum absolute atomic E-state index is 0.0830. The summed E-state index contributed by atoms with van der Waals surface area (Å²) in [5, 5.41) is 15.0. The fraction of sp³-hybridized carbons (Fsp3) is 0.379. The van der Waals surface area contributed by atoms with E-state index < -0.39 is 16.8 Å². The Morgan fingerprint density at radius 2 is 1.89 bits per heavy atom. The number of carbonyl (C=O) groups is 2. The molecule has 198 valence electrons. The Bertz CT molecular complexity index is 1360. The lowest BCUT2D eigenvalue weighted by molar-refractivity contribution is -0.385. The van der Waals surface area contributed by atoms with E-state index in [-0.39, 0.29) is 47.9 Å². The monoisotopic (exact) mass is 520 g/mol. The van der Waals surface area contributed by atoms with E-state index in [1.807, 2.05) is 0 Å². The van der Waals surface area contributed by atoms with Crippen molar-refractivity contribution in [3.8, 4) is 0 Å². The lowest BCUT2D eigenvalue weighted by Crippen LogP contribution is -2.36. The molecule has 2 heterocycles. The van der Waals surface area contributed by atoms with E-state index in [9.17, 15) is 24.1 Å². The lowest BCUT2D eigenvalue weighted by atomic mass is 9.71. The number of esters is 1. The summed E-state index contributed by atoms with van der Waals surface area (Å²) in [6.07, 6.45) is 2.19. The van der Waals surface area contributed by atoms with Gasteiger partial charge in [-0.2, -0.15) is 0 Å². The average molecular weight is 521 g/mol. The molecule has 3 atom stereocenters. The molecule has 0 unspecified atom stereocenters. The highest BCUT2D eigenvalue weighted by Gasteiger charge is 2.42. The van der Waals surface area contributed by atoms with Crippen LogP contribution >= 0.6 is 0 Å². The number of halogens is 1. The van der Waals surface area contributed by atoms with Crippen molar-refractivity contribution in [1.29, 1.82) is 0 Å². The van der Waals surface area contributed by atoms with Gasteiger partial charge in [-0.25, -0.2) is 9.18 Å². The summed E-state index contributed by atoms with van der Waals surface area (Å²) in [4.78, 5) is 38.4. The fourth-order valence-electron chi connectivity index (χ4n) is 5.64. The Morgan fingerprint density at radius 3 is 2.58 bits per heavy atom. The van der Waals surface area contributed by atoms with Crippen molar-refractivity contribution in [1.82, 2.24) is 5.32 Å². The summed E-state index contributed by atoms with van der Waals surface area (Å²) in [7, 11) is 0. The third-order valence-corrected chi connectivity index (χ3v) is 7.58. The van der Waals surface area contributed by atoms with Crippen LogP contribution in [0.25, 0.3) is 0 Å². The van der Waals surface area contributed by atoms with Crippen LogP contribution in [0.5, 0.6) is 0 Å². The Hall–Kier alpha value is -3.85. The third kappa shape index (κ3) is 4.98. The SMILES string of the molecule is CC1=C(C(=O)OC[C@@H]2CCCO2)[C@@H](c2ccc(C)c([N+](=O)[O-])c2)C2=C(C[C@H](c3ccc(F)cc3)CC2=O)N1. The quantitative estimate of drug-likeness (QED) is 0.320. The average Bonchev–Trinajstić information content (AvgIpc) is 3.41. The molecule has 3 aliphatic rings. The maximum Gasteiger partial charge on any atom is 0.336 e. The number of benzene rings is 2. The Balaban J connectivity index is 1.55. The molecule has 1 saturated heterocycles. The van der Waals surface area contributed by atoms with Gasteiger partial charge < -0.3 is 14.8 Å². The van der Waals surface area contributed by atoms with Crippen LogP contribution in [0.15, 0.2) is 65.0 Å². The first-order valence-corrected chi connectivity index (χ1v) is 12.8. The van der Waals surface area contributed by atoms with Crippen molar-refractivity contribution in [2.75, 3.05) is 13.2 Å². The van der Waals surface area contributed by atoms with Gasteiger partial charge in [-0.1, -0.05) is 24.3 Å². The van der Waals surface area contributed by atoms with Gasteiger partial charge in [0, 0.05) is 47.5 Å². The van der Waals surface area contributed by atoms with E-state index in [0.29, 0.717) is 41.1 Å². The highest BCUT2D eigenvalue weighted by Crippen LogP contribution is 2.46. The number of nitrogens with one attached hydrogen (secondary N) is 1. The maximum atomic E-state index is 13.7. The summed E-state index contributed by atoms with van der Waals surface area (Å²) in [5.74, 6) is -2.08. The second-order valence-electron chi connectivity index (χ2n) is 10.1. The van der Waals surface area contributed by atoms with Crippen LogP contribution in [0.2, 0.25) is 0 Å². The van der Waals surface area contributed by atoms with E-state index in [1.54, 1.807) is 38.1 Å². The fourth-order valence-corrected chi connectivity index (χ4v) is 5.64. The number of hydrogen-bond acceptors (Lipinski definition) is 7. The number of allylic oxidation sites excluding steroid dienone is 3. The predicted molar refractivity (Wildman–Crippen MR) is 137 cm³/mol. The molecule has 8 nitrogen and oxygen atoms in total. The summed E-state index contributed by atoms with van der Waals surface area (Å²) >= 11 is 0. The van der Waals surface area contributed by atoms with Gasteiger partial charge in [0.2, 0.25) is 0 Å². The minimum atomic E-state index is -0.816. The molecule has 0 aromatic heterocycles. The first kappa shape index (κ1) is 25.8. The van der Waals surface area contributed by atoms with E-state index >= 15 is 0 Å². The van der Waals surface area contributed by atoms with Crippen molar-refractivity contribution in [2.45, 2.75) is 57.5 Å². The van der Waals surface area contributed by atoms with Crippen LogP contribution in [0, 0.1) is 22.9 Å². The van der Waals surface area contributed by atoms with Gasteiger partial charge in [-0.3, -0.25) is 14.9 Å². The molecule has 0 bridgehead atoms. The van der Waals surface area contributed by atoms with Gasteiger partial charge in [0.25, 0.3) is 5.69 Å². The van der Waals surface area contributed by atoms with Gasteiger partial charge >= 0.3 is 5.97 Å². The standard InChI is InChI=1S/C29H29FN2O6/c1-16-5-6-19(13-24(16)32(35)36)27-26(29(34)38-15-22-4-3-11-37-22)17(2)31-23-12-20(14-25(33)28(23)27)18-7-9-21(30)10-8-18/h5-10,13,20,22,27,31H,3-4,11-12,14-15H2,1-2H3/t20-,22-,27+/m0/s1. The molecule has 1 N–H and O–H groups in total. The molecule has 0 radical (unpaired) electrons. The van der Waals surface area contributed by atoms with Gasteiger partial charge in [0.05, 0.1) is 16.6 Å². The number of nitrogens with zero attached hydrogens (tertiary/aromatic N) is 1. The summed E-state index contributed by atoms with van der Waals surface area (Å²) in [6, 6.07) is 10.9. The molecule has 38 heavy (non-hydrogen) atoms. The smallest absolute Gasteiger partial charge is 0.336 e. The van der Waals surface area contributed by atoms with Crippen LogP contribution in [-0.2, 0) is 19.1 Å². The number of aryl methyl sites for hydroxylation is 1. The van der Waals surface area contributed by atoms with Crippen LogP contribution in [-0.4, -0.2) is 36.0 Å². The first-order valence-electron chi connectivity index (χ1n) is 12.8. The summed E-state index contributed by atoms with van der Waals surface area (Å²) in [6.45, 7) is 4.12. The van der Waals surface area contributed by atoms with E-state index in [2.05, 4.69) is 5.32 Å². The zero-order valence-corrected chi connectivity index (χ0v) is 21.3. The molecule has 2 aliphatic heterocycles. The van der Waals surface area contributed by atoms with Crippen LogP contribution < -0.4 is 5.32 Å². The second-order valence-corrected chi connectivity index (χ2v) is 10.1. The molecule has 1 aliphatic carbocycles. The normalized spacial score (nSPS) is 23.2. The van der Waals surface area contributed by atoms with Gasteiger partial charge in [0.1, 0.15) is 12.4 Å². The molecule has 2 aromatic carbocycles. The van der Waals surface area contributed by atoms with Crippen molar-refractivity contribution >= 4 is 17.4 Å². The van der Waals surface area contributed by atoms with Crippen molar-refractivity contribution in [2.24, 2.45) is 0 Å². The molecule has 2 aromatic rings. The minimum Gasteiger partial charge on any atom is -0.459 e. The Morgan fingerprint density at radius 1 is 1.16 bits per heavy atom. The number of hydrogen-bond donors (Lipinski definition) is 1. The Kier molecular flexibility index (Phi) is 7.12. The van der Waals surface area contributed by atoms with Crippen molar-refractivity contribution in [3.05, 3.63) is 97.6 Å². The van der Waals surface area contributed by atoms with Gasteiger partial charge in [0.15, 0.2) is 5.78 Å². The van der Waals surface area contributed by atoms with Gasteiger partial charge in [-0.15, -0.1) is 0 Å². The number of dihydropyridines is 1. The first-order chi connectivity index (χ1) is 18.2. The highest BCUT2D eigenvalue weighted by molar-refractivity contribution is 6.04. The van der Waals surface area contributed by atoms with Gasteiger partial charge in [-0.05, 0) is 62.3 Å². The topological polar surface area (TPSA) is 108 Å². The molecule has 0 spiro atoms. The maximum absolute atomic E-state index is 13.7. The zero-order valence-electron chi connectivity index (χ0n) is 21.3. The molecule has 0 saturated carbocycles. The van der Waals surface area contributed by atoms with E-state index in [4.69, 9.17) is 9.47 Å². The number of Topliss-reactive ketones (excluding diaryl/α,β-unsaturated/α-hetero) is 1. The predicted octanol–water partition coefficient (Wildman–Crippen LogP) is 5.13. The van der Waals surface area contributed by atoms with Crippen LogP contribution in [0.3, 0.4) is 0 Å². The van der Waals surface area contributed by atoms with Crippen molar-refractivity contribution < 1.29 is 28.4 Å². The largest absolute Gasteiger partial charge is 0.459 e. The van der Waals surface area contributed by atoms with Crippen molar-refractivity contribution in [3.63, 3.8) is 0 Å². The lowest BCUT2D eigenvalue weighted by Gasteiger charge is -2.36. The molecule has 9 heteroatoms. The molecule has 1 fully saturated rings. The van der Waals surface area contributed by atoms with E-state index in [0.717, 1.165) is 18.4 Å². The second kappa shape index (κ2) is 10.5. The summed E-state index contributed by atoms with van der Waals surface area (Å²) < 4.78 is 24.7. The van der Waals surface area contributed by atoms with Crippen LogP contribution in [0.1, 0.15) is 61.1 Å². The number of nitro benzene ring substituents is 1. The molecule has 5 rings (SSSR count). The Labute approximate surface area is 219 Å². The number of rotatable bonds is 6. The third-order valence-electron chi connectivity index (χ3n) is 7.58. The number of ether oxygens (including phenoxy) is 2. The molecular formula is C29H29FN2O6. The van der Waals surface area contributed by atoms with Crippen LogP contribution in [0.4, 0.5) is 10.1 Å². The molecular weight excluding hydrogens is 491 g/mol. The van der Waals surface area contributed by atoms with E-state index in [1.165, 1.54) is 18.2 Å². The number of ketones is 1.